The summed E-state index contributed by atoms with van der Waals surface area (Å²) in [6, 6.07) is 64.3. The van der Waals surface area contributed by atoms with Gasteiger partial charge < -0.3 is 45.9 Å². The van der Waals surface area contributed by atoms with E-state index in [-0.39, 0.29) is 53.1 Å². The fourth-order valence-corrected chi connectivity index (χ4v) is 15.2. The maximum Gasteiger partial charge on any atom is 0.227 e. The minimum absolute atomic E-state index is 0.0123. The van der Waals surface area contributed by atoms with Crippen LogP contribution in [0, 0.1) is 37.5 Å². The molecule has 17 rings (SSSR count). The largest absolute Gasteiger partial charge is 0.497 e. The molecule has 18 nitrogen and oxygen atoms in total. The van der Waals surface area contributed by atoms with Crippen LogP contribution in [0.15, 0.2) is 200 Å². The van der Waals surface area contributed by atoms with Crippen LogP contribution in [-0.4, -0.2) is 76.4 Å². The molecule has 4 aliphatic carbocycles. The number of H-pyrrole nitrogens is 4. The van der Waals surface area contributed by atoms with Crippen LogP contribution >= 0.6 is 0 Å². The van der Waals surface area contributed by atoms with Crippen molar-refractivity contribution in [2.45, 2.75) is 142 Å². The lowest BCUT2D eigenvalue weighted by Gasteiger charge is -2.20. The van der Waals surface area contributed by atoms with E-state index in [2.05, 4.69) is 88.2 Å². The Kier molecular flexibility index (Phi) is 23.4. The van der Waals surface area contributed by atoms with Crippen molar-refractivity contribution in [3.05, 3.63) is 222 Å². The number of aryl methyl sites for hydroxylation is 2. The van der Waals surface area contributed by atoms with Crippen molar-refractivity contribution < 1.29 is 28.7 Å². The molecule has 0 radical (unpaired) electrons. The molecule has 4 aromatic heterocycles. The zero-order valence-electron chi connectivity index (χ0n) is 61.7. The second-order valence-electron chi connectivity index (χ2n) is 29.2. The highest BCUT2D eigenvalue weighted by Crippen LogP contribution is 2.33. The molecule has 4 aliphatic rings. The van der Waals surface area contributed by atoms with E-state index in [4.69, 9.17) is 9.72 Å². The summed E-state index contributed by atoms with van der Waals surface area (Å²) in [6.45, 7) is 4.14. The molecule has 0 saturated heterocycles. The first-order valence-electron chi connectivity index (χ1n) is 38.5. The van der Waals surface area contributed by atoms with Gasteiger partial charge in [-0.15, -0.1) is 0 Å². The predicted octanol–water partition coefficient (Wildman–Crippen LogP) is 20.9. The molecule has 4 amide bonds. The zero-order chi connectivity index (χ0) is 74.3. The Balaban J connectivity index is 0.000000121. The molecule has 13 aromatic rings. The van der Waals surface area contributed by atoms with Crippen LogP contribution in [0.3, 0.4) is 0 Å². The smallest absolute Gasteiger partial charge is 0.227 e. The highest BCUT2D eigenvalue weighted by molar-refractivity contribution is 6.10. The molecule has 8 N–H and O–H groups in total. The zero-order valence-corrected chi connectivity index (χ0v) is 61.7. The van der Waals surface area contributed by atoms with Crippen molar-refractivity contribution in [2.24, 2.45) is 23.7 Å². The van der Waals surface area contributed by atoms with Crippen LogP contribution in [0.5, 0.6) is 5.75 Å². The Hall–Kier alpha value is -11.8. The molecule has 0 atom stereocenters. The number of anilines is 4. The van der Waals surface area contributed by atoms with E-state index in [1.54, 1.807) is 7.11 Å². The van der Waals surface area contributed by atoms with Crippen LogP contribution < -0.4 is 26.0 Å². The molecule has 18 heteroatoms. The SMILES string of the molecule is COc1ccc2nc(-c3ccc(NC(=O)C4CCCCC4)cc3)[nH]c2c1.Cc1ccc2nc(-c3ccc(NC(=O)C4CCCCC4)cc3)[nH]c2c1.Cc1cccc2[nH]c(-c3ccc(NC(=O)C4CCCCC4)cc3)nc12.O=C(c1ccccc1)c1ccc2nc(-c3ccc(NC(=O)C4CCCCC4)cc3)[nH]c2c1. The molecule has 0 spiro atoms. The van der Waals surface area contributed by atoms with Crippen molar-refractivity contribution in [3.63, 3.8) is 0 Å². The van der Waals surface area contributed by atoms with E-state index in [9.17, 15) is 24.0 Å². The number of carbonyl (C=O) groups excluding carboxylic acids is 5. The van der Waals surface area contributed by atoms with Gasteiger partial charge >= 0.3 is 0 Å². The molecule has 4 fully saturated rings. The number of nitrogens with one attached hydrogen (secondary N) is 8. The average molecular weight is 1440 g/mol. The van der Waals surface area contributed by atoms with Gasteiger partial charge in [0.15, 0.2) is 5.78 Å². The second-order valence-corrected chi connectivity index (χ2v) is 29.2. The van der Waals surface area contributed by atoms with E-state index in [1.165, 1.54) is 56.9 Å². The topological polar surface area (TPSA) is 257 Å². The Bertz CT molecular complexity index is 5250. The van der Waals surface area contributed by atoms with Gasteiger partial charge in [-0.05, 0) is 222 Å². The second kappa shape index (κ2) is 34.6. The lowest BCUT2D eigenvalue weighted by molar-refractivity contribution is -0.121. The molecule has 0 unspecified atom stereocenters. The molecule has 0 aliphatic heterocycles. The van der Waals surface area contributed by atoms with E-state index in [0.29, 0.717) is 11.1 Å². The third kappa shape index (κ3) is 18.3. The molecule has 9 aromatic carbocycles. The molecular formula is C90H94N12O6. The summed E-state index contributed by atoms with van der Waals surface area (Å²) < 4.78 is 5.25. The highest BCUT2D eigenvalue weighted by atomic mass is 16.5. The van der Waals surface area contributed by atoms with Crippen molar-refractivity contribution in [2.75, 3.05) is 28.4 Å². The summed E-state index contributed by atoms with van der Waals surface area (Å²) in [5.41, 5.74) is 18.5. The number of benzene rings is 9. The van der Waals surface area contributed by atoms with Crippen LogP contribution in [0.2, 0.25) is 0 Å². The number of imidazole rings is 4. The van der Waals surface area contributed by atoms with Gasteiger partial charge in [0.2, 0.25) is 23.6 Å². The summed E-state index contributed by atoms with van der Waals surface area (Å²) in [7, 11) is 1.65. The number of amides is 4. The number of para-hydroxylation sites is 1. The molecular weight excluding hydrogens is 1350 g/mol. The van der Waals surface area contributed by atoms with Crippen molar-refractivity contribution in [1.82, 2.24) is 39.9 Å². The van der Waals surface area contributed by atoms with Crippen LogP contribution in [0.4, 0.5) is 22.7 Å². The number of aromatic amines is 4. The number of rotatable bonds is 15. The molecule has 4 heterocycles. The van der Waals surface area contributed by atoms with Crippen molar-refractivity contribution in [3.8, 4) is 51.3 Å². The molecule has 0 bridgehead atoms. The third-order valence-electron chi connectivity index (χ3n) is 21.4. The van der Waals surface area contributed by atoms with Crippen molar-refractivity contribution in [1.29, 1.82) is 0 Å². The summed E-state index contributed by atoms with van der Waals surface area (Å²) >= 11 is 0. The quantitative estimate of drug-likeness (QED) is 0.0450. The summed E-state index contributed by atoms with van der Waals surface area (Å²) in [4.78, 5) is 94.3. The van der Waals surface area contributed by atoms with E-state index < -0.39 is 0 Å². The van der Waals surface area contributed by atoms with E-state index >= 15 is 0 Å². The summed E-state index contributed by atoms with van der Waals surface area (Å²) in [6.07, 6.45) is 22.3. The lowest BCUT2D eigenvalue weighted by atomic mass is 9.88. The lowest BCUT2D eigenvalue weighted by Crippen LogP contribution is -2.24. The van der Waals surface area contributed by atoms with Gasteiger partial charge in [-0.2, -0.15) is 0 Å². The van der Waals surface area contributed by atoms with Crippen molar-refractivity contribution >= 4 is 96.3 Å². The highest BCUT2D eigenvalue weighted by Gasteiger charge is 2.26. The number of methoxy groups -OCH3 is 1. The summed E-state index contributed by atoms with van der Waals surface area (Å²) in [5.74, 6) is 5.26. The number of carbonyl (C=O) groups is 5. The Morgan fingerprint density at radius 2 is 0.685 bits per heavy atom. The number of hydrogen-bond donors (Lipinski definition) is 8. The number of hydrogen-bond acceptors (Lipinski definition) is 10. The van der Waals surface area contributed by atoms with Gasteiger partial charge in [-0.3, -0.25) is 24.0 Å². The maximum atomic E-state index is 12.7. The minimum Gasteiger partial charge on any atom is -0.497 e. The van der Waals surface area contributed by atoms with Gasteiger partial charge in [0.1, 0.15) is 29.0 Å². The molecule has 4 saturated carbocycles. The number of fused-ring (bicyclic) bond motifs is 4. The first kappa shape index (κ1) is 73.1. The monoisotopic (exact) mass is 1440 g/mol. The van der Waals surface area contributed by atoms with Crippen LogP contribution in [0.1, 0.15) is 155 Å². The number of nitrogens with zero attached hydrogens (tertiary/aromatic N) is 4. The number of ketones is 1. The van der Waals surface area contributed by atoms with Crippen LogP contribution in [0.25, 0.3) is 89.7 Å². The van der Waals surface area contributed by atoms with E-state index in [0.717, 1.165) is 201 Å². The Morgan fingerprint density at radius 1 is 0.333 bits per heavy atom. The minimum atomic E-state index is -0.0123. The standard InChI is InChI=1S/C27H25N3O2.C21H23N3O2.2C21H23N3O/c31-25(18-7-3-1-4-8-18)21-13-16-23-24(17-21)30-26(29-23)19-11-14-22(15-12-19)28-27(32)20-9-5-2-6-10-20;1-26-17-11-12-18-19(13-17)24-20(23-18)14-7-9-16(10-8-14)22-21(25)15-5-3-2-4-6-15;1-14-6-5-9-18-19(14)24-20(23-18)15-10-12-17(13-11-15)22-21(25)16-7-3-2-4-8-16;1-14-7-12-18-19(13-14)24-20(23-18)15-8-10-17(11-9-15)22-21(25)16-5-3-2-4-6-16/h1,3-4,7-8,11-17,20H,2,5-6,9-10H2,(H,28,32)(H,29,30);7-13,15H,2-6H2,1H3,(H,22,25)(H,23,24);5-6,9-13,16H,2-4,7-8H2,1H3,(H,22,25)(H,23,24);7-13,16H,2-6H2,1H3,(H,22,25)(H,23,24). The van der Waals surface area contributed by atoms with Gasteiger partial charge in [0, 0.05) is 85.9 Å². The fourth-order valence-electron chi connectivity index (χ4n) is 15.2. The first-order valence-corrected chi connectivity index (χ1v) is 38.5. The molecule has 108 heavy (non-hydrogen) atoms. The maximum absolute atomic E-state index is 12.7. The van der Waals surface area contributed by atoms with E-state index in [1.807, 2.05) is 182 Å². The first-order chi connectivity index (χ1) is 52.8. The van der Waals surface area contributed by atoms with Gasteiger partial charge in [0.25, 0.3) is 0 Å². The third-order valence-corrected chi connectivity index (χ3v) is 21.4. The predicted molar refractivity (Wildman–Crippen MR) is 433 cm³/mol. The summed E-state index contributed by atoms with van der Waals surface area (Å²) in [5, 5.41) is 12.2. The number of ether oxygens (including phenoxy) is 1. The Morgan fingerprint density at radius 3 is 1.07 bits per heavy atom. The average Bonchev–Trinajstić information content (AvgIpc) is 1.65. The van der Waals surface area contributed by atoms with Crippen LogP contribution in [-0.2, 0) is 19.2 Å². The Labute approximate surface area is 629 Å². The fraction of sp³-hybridized carbons (Fsp3) is 0.300. The van der Waals surface area contributed by atoms with Gasteiger partial charge in [-0.25, -0.2) is 19.9 Å². The molecule has 550 valence electrons. The normalized spacial score (nSPS) is 15.0. The number of aromatic nitrogens is 8. The van der Waals surface area contributed by atoms with Gasteiger partial charge in [-0.1, -0.05) is 126 Å². The van der Waals surface area contributed by atoms with Gasteiger partial charge in [0.05, 0.1) is 51.2 Å².